The van der Waals surface area contributed by atoms with Gasteiger partial charge in [0, 0.05) is 14.3 Å². The minimum Gasteiger partial charge on any atom is -0.481 e. The van der Waals surface area contributed by atoms with Gasteiger partial charge in [-0.25, -0.2) is 4.79 Å². The molecule has 1 aliphatic carbocycles. The molecule has 2 aromatic carbocycles. The topological polar surface area (TPSA) is 88.5 Å². The van der Waals surface area contributed by atoms with Crippen molar-refractivity contribution in [2.45, 2.75) is 45.1 Å². The van der Waals surface area contributed by atoms with Crippen molar-refractivity contribution < 1.29 is 19.4 Å². The molecule has 1 atom stereocenters. The van der Waals surface area contributed by atoms with Gasteiger partial charge in [-0.05, 0) is 79.5 Å². The van der Waals surface area contributed by atoms with Gasteiger partial charge in [0.2, 0.25) is 0 Å². The van der Waals surface area contributed by atoms with E-state index >= 15 is 0 Å². The van der Waals surface area contributed by atoms with Gasteiger partial charge in [-0.15, -0.1) is 22.7 Å². The lowest BCUT2D eigenvalue weighted by Gasteiger charge is -2.14. The molecule has 1 amide bonds. The number of carbonyl (C=O) groups excluding carboxylic acids is 1. The van der Waals surface area contributed by atoms with Gasteiger partial charge >= 0.3 is 12.1 Å². The lowest BCUT2D eigenvalue weighted by atomic mass is 9.90. The van der Waals surface area contributed by atoms with Crippen molar-refractivity contribution in [3.05, 3.63) is 83.0 Å². The second-order valence-electron chi connectivity index (χ2n) is 9.92. The Bertz CT molecular complexity index is 1680. The maximum absolute atomic E-state index is 12.7. The van der Waals surface area contributed by atoms with Gasteiger partial charge in [-0.3, -0.25) is 10.1 Å². The number of fused-ring (bicyclic) bond motifs is 1. The number of aromatic nitrogens is 1. The number of hydrogen-bond donors (Lipinski definition) is 2. The first-order chi connectivity index (χ1) is 18.7. The quantitative estimate of drug-likeness (QED) is 0.203. The molecule has 0 unspecified atom stereocenters. The second kappa shape index (κ2) is 9.89. The fraction of sp³-hybridized carbons (Fsp3) is 0.233. The minimum absolute atomic E-state index is 0.372. The highest BCUT2D eigenvalue weighted by Crippen LogP contribution is 2.51. The molecule has 0 radical (unpaired) electrons. The molecule has 9 heteroatoms. The third-order valence-corrected chi connectivity index (χ3v) is 10.7. The van der Waals surface area contributed by atoms with E-state index < -0.39 is 17.5 Å². The lowest BCUT2D eigenvalue weighted by molar-refractivity contribution is -0.140. The summed E-state index contributed by atoms with van der Waals surface area (Å²) in [6.45, 7) is 5.74. The van der Waals surface area contributed by atoms with Crippen LogP contribution in [0, 0.1) is 13.8 Å². The number of carboxylic acids is 1. The first-order valence-electron chi connectivity index (χ1n) is 12.6. The van der Waals surface area contributed by atoms with Crippen LogP contribution in [0.5, 0.6) is 0 Å². The number of benzene rings is 2. The molecule has 0 spiro atoms. The van der Waals surface area contributed by atoms with E-state index in [0.29, 0.717) is 18.5 Å². The molecule has 198 valence electrons. The van der Waals surface area contributed by atoms with Gasteiger partial charge in [-0.2, -0.15) is 4.37 Å². The molecule has 0 saturated heterocycles. The highest BCUT2D eigenvalue weighted by atomic mass is 32.1. The fourth-order valence-corrected chi connectivity index (χ4v) is 8.27. The van der Waals surface area contributed by atoms with Crippen molar-refractivity contribution in [3.8, 4) is 20.2 Å². The standard InChI is InChI=1S/C30H26N2O4S3/c1-16-13-20(9-10-21(16)30(11-12-30)28(33)34)22-14-23-24(37-22)15-25(38-23)27-26(17(2)32-39-27)31-29(35)36-18(3)19-7-5-4-6-8-19/h4-10,13-15,18H,11-12H2,1-3H3,(H,31,35)(H,33,34)/t18-/m1/s1. The number of hydrogen-bond acceptors (Lipinski definition) is 7. The third kappa shape index (κ3) is 4.75. The Hall–Kier alpha value is -3.53. The number of carbonyl (C=O) groups is 2. The van der Waals surface area contributed by atoms with Crippen molar-refractivity contribution in [1.82, 2.24) is 4.37 Å². The van der Waals surface area contributed by atoms with Crippen LogP contribution in [-0.4, -0.2) is 21.5 Å². The number of thiophene rings is 2. The van der Waals surface area contributed by atoms with Gasteiger partial charge in [0.1, 0.15) is 6.10 Å². The SMILES string of the molecule is Cc1cc(-c2cc3sc(-c4snc(C)c4NC(=O)O[C@H](C)c4ccccc4)cc3s2)ccc1C1(C(=O)O)CC1. The third-order valence-electron chi connectivity index (χ3n) is 7.26. The fourth-order valence-electron chi connectivity index (χ4n) is 4.94. The van der Waals surface area contributed by atoms with Crippen LogP contribution in [0.4, 0.5) is 10.5 Å². The number of rotatable bonds is 7. The van der Waals surface area contributed by atoms with Gasteiger partial charge in [0.25, 0.3) is 0 Å². The molecule has 1 saturated carbocycles. The van der Waals surface area contributed by atoms with Crippen molar-refractivity contribution in [2.75, 3.05) is 5.32 Å². The summed E-state index contributed by atoms with van der Waals surface area (Å²) in [6.07, 6.45) is 0.532. The molecule has 0 aliphatic heterocycles. The van der Waals surface area contributed by atoms with E-state index in [-0.39, 0.29) is 6.10 Å². The van der Waals surface area contributed by atoms with E-state index in [0.717, 1.165) is 52.0 Å². The number of anilines is 1. The molecule has 3 heterocycles. The van der Waals surface area contributed by atoms with Crippen molar-refractivity contribution in [1.29, 1.82) is 0 Å². The minimum atomic E-state index is -0.728. The first kappa shape index (κ1) is 25.7. The average molecular weight is 575 g/mol. The Balaban J connectivity index is 1.22. The molecule has 6 nitrogen and oxygen atoms in total. The molecule has 0 bridgehead atoms. The van der Waals surface area contributed by atoms with Gasteiger partial charge < -0.3 is 9.84 Å². The Morgan fingerprint density at radius 3 is 2.36 bits per heavy atom. The van der Waals surface area contributed by atoms with Crippen LogP contribution in [0.15, 0.2) is 60.7 Å². The van der Waals surface area contributed by atoms with Crippen molar-refractivity contribution in [3.63, 3.8) is 0 Å². The zero-order valence-electron chi connectivity index (χ0n) is 21.6. The molecular formula is C30H26N2O4S3. The summed E-state index contributed by atoms with van der Waals surface area (Å²) in [5.41, 5.74) is 4.71. The predicted molar refractivity (Wildman–Crippen MR) is 159 cm³/mol. The molecule has 3 aromatic heterocycles. The first-order valence-corrected chi connectivity index (χ1v) is 15.0. The van der Waals surface area contributed by atoms with Crippen LogP contribution in [-0.2, 0) is 14.9 Å². The van der Waals surface area contributed by atoms with E-state index in [2.05, 4.69) is 27.9 Å². The highest BCUT2D eigenvalue weighted by molar-refractivity contribution is 7.32. The van der Waals surface area contributed by atoms with E-state index in [1.807, 2.05) is 63.2 Å². The second-order valence-corrected chi connectivity index (χ2v) is 12.9. The van der Waals surface area contributed by atoms with Gasteiger partial charge in [0.15, 0.2) is 0 Å². The smallest absolute Gasteiger partial charge is 0.412 e. The Kier molecular flexibility index (Phi) is 6.53. The van der Waals surface area contributed by atoms with E-state index in [1.54, 1.807) is 22.7 Å². The summed E-state index contributed by atoms with van der Waals surface area (Å²) < 4.78 is 12.4. The Labute approximate surface area is 238 Å². The maximum atomic E-state index is 12.7. The number of nitrogens with zero attached hydrogens (tertiary/aromatic N) is 1. The normalized spacial score (nSPS) is 14.7. The van der Waals surface area contributed by atoms with E-state index in [9.17, 15) is 14.7 Å². The molecule has 2 N–H and O–H groups in total. The number of aryl methyl sites for hydroxylation is 2. The molecule has 1 fully saturated rings. The van der Waals surface area contributed by atoms with E-state index in [1.165, 1.54) is 11.5 Å². The Morgan fingerprint density at radius 1 is 1.00 bits per heavy atom. The van der Waals surface area contributed by atoms with E-state index in [4.69, 9.17) is 4.74 Å². The summed E-state index contributed by atoms with van der Waals surface area (Å²) in [6, 6.07) is 20.1. The van der Waals surface area contributed by atoms with Crippen LogP contribution in [0.1, 0.15) is 48.3 Å². The van der Waals surface area contributed by atoms with Crippen LogP contribution >= 0.6 is 34.2 Å². The average Bonchev–Trinajstić information content (AvgIpc) is 3.31. The summed E-state index contributed by atoms with van der Waals surface area (Å²) in [7, 11) is 0. The number of nitrogens with one attached hydrogen (secondary N) is 1. The molecule has 5 aromatic rings. The maximum Gasteiger partial charge on any atom is 0.412 e. The number of ether oxygens (including phenoxy) is 1. The lowest BCUT2D eigenvalue weighted by Crippen LogP contribution is -2.20. The molecular weight excluding hydrogens is 549 g/mol. The predicted octanol–water partition coefficient (Wildman–Crippen LogP) is 8.80. The molecule has 1 aliphatic rings. The monoisotopic (exact) mass is 574 g/mol. The van der Waals surface area contributed by atoms with Crippen molar-refractivity contribution >= 4 is 61.4 Å². The zero-order chi connectivity index (χ0) is 27.3. The van der Waals surface area contributed by atoms with Crippen LogP contribution in [0.2, 0.25) is 0 Å². The molecule has 6 rings (SSSR count). The summed E-state index contributed by atoms with van der Waals surface area (Å²) in [5, 5.41) is 12.6. The number of carboxylic acid groups (broad SMARTS) is 1. The van der Waals surface area contributed by atoms with Gasteiger partial charge in [0.05, 0.1) is 26.6 Å². The highest BCUT2D eigenvalue weighted by Gasteiger charge is 2.52. The Morgan fingerprint density at radius 2 is 1.69 bits per heavy atom. The van der Waals surface area contributed by atoms with Gasteiger partial charge in [-0.1, -0.05) is 48.5 Å². The van der Waals surface area contributed by atoms with Crippen LogP contribution < -0.4 is 5.32 Å². The summed E-state index contributed by atoms with van der Waals surface area (Å²) in [4.78, 5) is 27.6. The van der Waals surface area contributed by atoms with Crippen LogP contribution in [0.25, 0.3) is 29.6 Å². The number of amides is 1. The zero-order valence-corrected chi connectivity index (χ0v) is 24.1. The van der Waals surface area contributed by atoms with Crippen LogP contribution in [0.3, 0.4) is 0 Å². The molecule has 39 heavy (non-hydrogen) atoms. The number of aliphatic carboxylic acids is 1. The summed E-state index contributed by atoms with van der Waals surface area (Å²) in [5.74, 6) is -0.728. The summed E-state index contributed by atoms with van der Waals surface area (Å²) >= 11 is 4.74. The largest absolute Gasteiger partial charge is 0.481 e. The van der Waals surface area contributed by atoms with Crippen molar-refractivity contribution in [2.24, 2.45) is 0 Å².